The van der Waals surface area contributed by atoms with E-state index in [2.05, 4.69) is 5.32 Å². The van der Waals surface area contributed by atoms with Crippen LogP contribution in [0.2, 0.25) is 0 Å². The smallest absolute Gasteiger partial charge is 0.287 e. The van der Waals surface area contributed by atoms with E-state index >= 15 is 0 Å². The number of hydrogen-bond acceptors (Lipinski definition) is 5. The van der Waals surface area contributed by atoms with E-state index in [9.17, 15) is 9.59 Å². The van der Waals surface area contributed by atoms with Gasteiger partial charge in [-0.1, -0.05) is 6.07 Å². The number of aryl methyl sites for hydroxylation is 1. The average Bonchev–Trinajstić information content (AvgIpc) is 2.99. The van der Waals surface area contributed by atoms with Crippen molar-refractivity contribution in [1.82, 2.24) is 5.32 Å². The highest BCUT2D eigenvalue weighted by Crippen LogP contribution is 2.32. The summed E-state index contributed by atoms with van der Waals surface area (Å²) in [7, 11) is 1.59. The summed E-state index contributed by atoms with van der Waals surface area (Å²) in [6, 6.07) is 5.32. The topological polar surface area (TPSA) is 77.8 Å². The van der Waals surface area contributed by atoms with Crippen molar-refractivity contribution >= 4 is 11.7 Å². The van der Waals surface area contributed by atoms with E-state index in [1.165, 1.54) is 0 Å². The zero-order valence-electron chi connectivity index (χ0n) is 17.0. The number of ether oxygens (including phenoxy) is 2. The number of benzene rings is 1. The highest BCUT2D eigenvalue weighted by Gasteiger charge is 2.29. The number of carbonyl (C=O) groups is 2. The summed E-state index contributed by atoms with van der Waals surface area (Å²) in [4.78, 5) is 24.9. The van der Waals surface area contributed by atoms with Crippen molar-refractivity contribution < 1.29 is 23.5 Å². The van der Waals surface area contributed by atoms with Gasteiger partial charge in [-0.05, 0) is 51.8 Å². The van der Waals surface area contributed by atoms with Crippen LogP contribution in [0.1, 0.15) is 77.5 Å². The van der Waals surface area contributed by atoms with E-state index < -0.39 is 0 Å². The van der Waals surface area contributed by atoms with Gasteiger partial charge in [-0.15, -0.1) is 0 Å². The minimum atomic E-state index is -0.325. The van der Waals surface area contributed by atoms with Gasteiger partial charge in [-0.3, -0.25) is 9.59 Å². The van der Waals surface area contributed by atoms with Crippen LogP contribution in [0.3, 0.4) is 0 Å². The Morgan fingerprint density at radius 3 is 2.57 bits per heavy atom. The Morgan fingerprint density at radius 2 is 1.93 bits per heavy atom. The van der Waals surface area contributed by atoms with E-state index in [4.69, 9.17) is 13.9 Å². The number of Topliss-reactive ketones (excluding diaryl/α,β-unsaturated/α-hetero) is 1. The van der Waals surface area contributed by atoms with Gasteiger partial charge in [0.2, 0.25) is 0 Å². The number of rotatable bonds is 6. The number of methoxy groups -OCH3 is 1. The monoisotopic (exact) mass is 385 g/mol. The SMILES string of the molecule is COc1cc([C@H](C)NC(=O)c2oc3c(c2C)C(=O)CCC3)ccc1OC(C)C. The third-order valence-corrected chi connectivity index (χ3v) is 4.91. The summed E-state index contributed by atoms with van der Waals surface area (Å²) >= 11 is 0. The molecule has 0 saturated heterocycles. The number of fused-ring (bicyclic) bond motifs is 1. The first-order valence-corrected chi connectivity index (χ1v) is 9.62. The lowest BCUT2D eigenvalue weighted by Crippen LogP contribution is -2.27. The molecule has 2 aromatic rings. The second-order valence-electron chi connectivity index (χ2n) is 7.40. The Balaban J connectivity index is 1.79. The molecule has 1 atom stereocenters. The fraction of sp³-hybridized carbons (Fsp3) is 0.455. The molecule has 3 rings (SSSR count). The maximum Gasteiger partial charge on any atom is 0.287 e. The third-order valence-electron chi connectivity index (χ3n) is 4.91. The molecule has 1 aromatic heterocycles. The molecule has 0 bridgehead atoms. The lowest BCUT2D eigenvalue weighted by Gasteiger charge is -2.18. The van der Waals surface area contributed by atoms with Crippen molar-refractivity contribution in [2.45, 2.75) is 59.1 Å². The molecule has 150 valence electrons. The van der Waals surface area contributed by atoms with Gasteiger partial charge in [0, 0.05) is 18.4 Å². The Morgan fingerprint density at radius 1 is 1.18 bits per heavy atom. The molecule has 0 spiro atoms. The van der Waals surface area contributed by atoms with Crippen molar-refractivity contribution in [3.8, 4) is 11.5 Å². The number of hydrogen-bond donors (Lipinski definition) is 1. The molecule has 0 fully saturated rings. The number of carbonyl (C=O) groups excluding carboxylic acids is 2. The lowest BCUT2D eigenvalue weighted by atomic mass is 9.94. The molecule has 1 N–H and O–H groups in total. The van der Waals surface area contributed by atoms with Crippen LogP contribution in [-0.2, 0) is 6.42 Å². The zero-order chi connectivity index (χ0) is 20.4. The van der Waals surface area contributed by atoms with Gasteiger partial charge in [0.25, 0.3) is 5.91 Å². The second-order valence-corrected chi connectivity index (χ2v) is 7.40. The van der Waals surface area contributed by atoms with Crippen molar-refractivity contribution in [1.29, 1.82) is 0 Å². The molecular formula is C22H27NO5. The quantitative estimate of drug-likeness (QED) is 0.798. The second kappa shape index (κ2) is 8.09. The zero-order valence-corrected chi connectivity index (χ0v) is 17.0. The van der Waals surface area contributed by atoms with Crippen LogP contribution in [0.5, 0.6) is 11.5 Å². The maximum absolute atomic E-state index is 12.8. The molecule has 0 unspecified atom stereocenters. The number of amides is 1. The predicted molar refractivity (Wildman–Crippen MR) is 105 cm³/mol. The number of nitrogens with one attached hydrogen (secondary N) is 1. The highest BCUT2D eigenvalue weighted by molar-refractivity contribution is 6.03. The van der Waals surface area contributed by atoms with Crippen LogP contribution in [0, 0.1) is 6.92 Å². The average molecular weight is 385 g/mol. The fourth-order valence-corrected chi connectivity index (χ4v) is 3.52. The molecule has 6 nitrogen and oxygen atoms in total. The molecule has 6 heteroatoms. The maximum atomic E-state index is 12.8. The summed E-state index contributed by atoms with van der Waals surface area (Å²) in [6.45, 7) is 7.56. The van der Waals surface area contributed by atoms with Crippen molar-refractivity contribution in [3.63, 3.8) is 0 Å². The normalized spacial score (nSPS) is 14.6. The Bertz CT molecular complexity index is 897. The molecule has 1 amide bonds. The highest BCUT2D eigenvalue weighted by atomic mass is 16.5. The summed E-state index contributed by atoms with van der Waals surface area (Å²) in [5.74, 6) is 1.85. The Hall–Kier alpha value is -2.76. The number of ketones is 1. The van der Waals surface area contributed by atoms with Gasteiger partial charge in [0.1, 0.15) is 5.76 Å². The van der Waals surface area contributed by atoms with E-state index in [1.807, 2.05) is 39.0 Å². The van der Waals surface area contributed by atoms with Gasteiger partial charge in [-0.25, -0.2) is 0 Å². The molecule has 0 aliphatic heterocycles. The van der Waals surface area contributed by atoms with Crippen molar-refractivity contribution in [2.24, 2.45) is 0 Å². The molecule has 0 radical (unpaired) electrons. The van der Waals surface area contributed by atoms with E-state index in [0.717, 1.165) is 12.0 Å². The first kappa shape index (κ1) is 20.0. The van der Waals surface area contributed by atoms with Crippen LogP contribution < -0.4 is 14.8 Å². The molecule has 1 aromatic carbocycles. The Kier molecular flexibility index (Phi) is 5.77. The van der Waals surface area contributed by atoms with E-state index in [1.54, 1.807) is 14.0 Å². The molecule has 1 heterocycles. The van der Waals surface area contributed by atoms with Crippen LogP contribution in [0.25, 0.3) is 0 Å². The first-order valence-electron chi connectivity index (χ1n) is 9.62. The predicted octanol–water partition coefficient (Wildman–Crippen LogP) is 4.39. The Labute approximate surface area is 165 Å². The fourth-order valence-electron chi connectivity index (χ4n) is 3.52. The minimum Gasteiger partial charge on any atom is -0.493 e. The van der Waals surface area contributed by atoms with Gasteiger partial charge in [-0.2, -0.15) is 0 Å². The van der Waals surface area contributed by atoms with Gasteiger partial charge in [0.15, 0.2) is 23.0 Å². The van der Waals surface area contributed by atoms with Crippen molar-refractivity contribution in [2.75, 3.05) is 7.11 Å². The lowest BCUT2D eigenvalue weighted by molar-refractivity contribution is 0.0906. The van der Waals surface area contributed by atoms with Crippen LogP contribution in [-0.4, -0.2) is 24.9 Å². The van der Waals surface area contributed by atoms with Crippen LogP contribution in [0.15, 0.2) is 22.6 Å². The van der Waals surface area contributed by atoms with E-state index in [-0.39, 0.29) is 29.6 Å². The first-order chi connectivity index (χ1) is 13.3. The summed E-state index contributed by atoms with van der Waals surface area (Å²) in [5, 5.41) is 2.95. The molecule has 0 saturated carbocycles. The van der Waals surface area contributed by atoms with Gasteiger partial charge >= 0.3 is 0 Å². The van der Waals surface area contributed by atoms with Gasteiger partial charge in [0.05, 0.1) is 24.8 Å². The number of furan rings is 1. The van der Waals surface area contributed by atoms with Crippen LogP contribution in [0.4, 0.5) is 0 Å². The largest absolute Gasteiger partial charge is 0.493 e. The molecule has 1 aliphatic rings. The molecular weight excluding hydrogens is 358 g/mol. The van der Waals surface area contributed by atoms with Crippen molar-refractivity contribution in [3.05, 3.63) is 46.4 Å². The van der Waals surface area contributed by atoms with Gasteiger partial charge < -0.3 is 19.2 Å². The minimum absolute atomic E-state index is 0.0348. The third kappa shape index (κ3) is 3.91. The molecule has 1 aliphatic carbocycles. The summed E-state index contributed by atoms with van der Waals surface area (Å²) in [5.41, 5.74) is 2.09. The summed E-state index contributed by atoms with van der Waals surface area (Å²) < 4.78 is 16.9. The van der Waals surface area contributed by atoms with Crippen LogP contribution >= 0.6 is 0 Å². The van der Waals surface area contributed by atoms with E-state index in [0.29, 0.717) is 41.2 Å². The standard InChI is InChI=1S/C22H27NO5/c1-12(2)27-17-10-9-15(11-19(17)26-5)14(4)23-22(25)21-13(3)20-16(24)7-6-8-18(20)28-21/h9-12,14H,6-8H2,1-5H3,(H,23,25)/t14-/m0/s1. The molecule has 28 heavy (non-hydrogen) atoms. The summed E-state index contributed by atoms with van der Waals surface area (Å²) in [6.07, 6.45) is 2.00.